The van der Waals surface area contributed by atoms with E-state index in [1.54, 1.807) is 6.33 Å². The molecule has 0 aliphatic heterocycles. The highest BCUT2D eigenvalue weighted by Gasteiger charge is 1.91. The molecule has 0 aromatic carbocycles. The van der Waals surface area contributed by atoms with E-state index >= 15 is 0 Å². The van der Waals surface area contributed by atoms with E-state index in [1.165, 1.54) is 0 Å². The third-order valence-electron chi connectivity index (χ3n) is 1.79. The Morgan fingerprint density at radius 3 is 3.15 bits per heavy atom. The highest BCUT2D eigenvalue weighted by Crippen LogP contribution is 1.93. The van der Waals surface area contributed by atoms with Gasteiger partial charge in [-0.1, -0.05) is 0 Å². The van der Waals surface area contributed by atoms with Crippen LogP contribution in [-0.4, -0.2) is 16.5 Å². The SMILES string of the molecule is C#CCCCCNCc1cnc[nH]1. The number of terminal acetylenes is 1. The van der Waals surface area contributed by atoms with Crippen LogP contribution in [0.15, 0.2) is 12.5 Å². The molecule has 0 aliphatic carbocycles. The minimum Gasteiger partial charge on any atom is -0.347 e. The molecule has 0 bridgehead atoms. The van der Waals surface area contributed by atoms with Gasteiger partial charge in [0, 0.05) is 24.9 Å². The molecular formula is C10H15N3. The summed E-state index contributed by atoms with van der Waals surface area (Å²) in [6.07, 6.45) is 11.8. The van der Waals surface area contributed by atoms with Gasteiger partial charge in [0.2, 0.25) is 0 Å². The summed E-state index contributed by atoms with van der Waals surface area (Å²) < 4.78 is 0. The smallest absolute Gasteiger partial charge is 0.0922 e. The summed E-state index contributed by atoms with van der Waals surface area (Å²) >= 11 is 0. The van der Waals surface area contributed by atoms with Crippen molar-refractivity contribution in [1.82, 2.24) is 15.3 Å². The molecule has 0 aliphatic rings. The summed E-state index contributed by atoms with van der Waals surface area (Å²) in [7, 11) is 0. The first-order valence-corrected chi connectivity index (χ1v) is 4.55. The first-order valence-electron chi connectivity index (χ1n) is 4.55. The molecule has 1 rings (SSSR count). The molecule has 0 saturated heterocycles. The maximum Gasteiger partial charge on any atom is 0.0922 e. The number of hydrogen-bond donors (Lipinski definition) is 2. The van der Waals surface area contributed by atoms with Gasteiger partial charge < -0.3 is 10.3 Å². The minimum atomic E-state index is 0.857. The average Bonchev–Trinajstić information content (AvgIpc) is 2.63. The van der Waals surface area contributed by atoms with Crippen LogP contribution in [0, 0.1) is 12.3 Å². The molecule has 70 valence electrons. The molecule has 0 atom stereocenters. The van der Waals surface area contributed by atoms with Gasteiger partial charge in [-0.05, 0) is 19.4 Å². The molecule has 3 heteroatoms. The molecule has 13 heavy (non-hydrogen) atoms. The highest BCUT2D eigenvalue weighted by atomic mass is 14.9. The van der Waals surface area contributed by atoms with Crippen molar-refractivity contribution < 1.29 is 0 Å². The van der Waals surface area contributed by atoms with Crippen molar-refractivity contribution in [3.63, 3.8) is 0 Å². The molecule has 2 N–H and O–H groups in total. The Kier molecular flexibility index (Phi) is 4.73. The number of H-pyrrole nitrogens is 1. The number of unbranched alkanes of at least 4 members (excludes halogenated alkanes) is 2. The fourth-order valence-corrected chi connectivity index (χ4v) is 1.08. The maximum atomic E-state index is 5.14. The van der Waals surface area contributed by atoms with E-state index in [2.05, 4.69) is 21.2 Å². The van der Waals surface area contributed by atoms with Crippen molar-refractivity contribution in [3.8, 4) is 12.3 Å². The van der Waals surface area contributed by atoms with Crippen molar-refractivity contribution in [2.75, 3.05) is 6.54 Å². The van der Waals surface area contributed by atoms with Crippen molar-refractivity contribution in [2.24, 2.45) is 0 Å². The number of aromatic amines is 1. The van der Waals surface area contributed by atoms with Crippen LogP contribution in [0.5, 0.6) is 0 Å². The second kappa shape index (κ2) is 6.27. The van der Waals surface area contributed by atoms with Crippen molar-refractivity contribution in [3.05, 3.63) is 18.2 Å². The van der Waals surface area contributed by atoms with Gasteiger partial charge in [0.05, 0.1) is 6.33 Å². The van der Waals surface area contributed by atoms with Gasteiger partial charge in [-0.15, -0.1) is 12.3 Å². The zero-order valence-electron chi connectivity index (χ0n) is 7.71. The number of aromatic nitrogens is 2. The number of nitrogens with zero attached hydrogens (tertiary/aromatic N) is 1. The topological polar surface area (TPSA) is 40.7 Å². The summed E-state index contributed by atoms with van der Waals surface area (Å²) in [6, 6.07) is 0. The number of imidazole rings is 1. The van der Waals surface area contributed by atoms with Crippen LogP contribution in [0.3, 0.4) is 0 Å². The number of rotatable bonds is 6. The third kappa shape index (κ3) is 4.34. The molecule has 0 amide bonds. The van der Waals surface area contributed by atoms with Gasteiger partial charge in [0.1, 0.15) is 0 Å². The molecule has 0 unspecified atom stereocenters. The largest absolute Gasteiger partial charge is 0.347 e. The van der Waals surface area contributed by atoms with Gasteiger partial charge >= 0.3 is 0 Å². The second-order valence-corrected chi connectivity index (χ2v) is 2.91. The molecule has 0 radical (unpaired) electrons. The zero-order chi connectivity index (χ0) is 9.36. The first kappa shape index (κ1) is 9.82. The standard InChI is InChI=1S/C10H15N3/c1-2-3-4-5-6-11-7-10-8-12-9-13-10/h1,8-9,11H,3-7H2,(H,12,13). The fraction of sp³-hybridized carbons (Fsp3) is 0.500. The summed E-state index contributed by atoms with van der Waals surface area (Å²) in [5.74, 6) is 2.63. The third-order valence-corrected chi connectivity index (χ3v) is 1.79. The van der Waals surface area contributed by atoms with Crippen LogP contribution in [0.1, 0.15) is 25.0 Å². The normalized spacial score (nSPS) is 9.77. The lowest BCUT2D eigenvalue weighted by molar-refractivity contribution is 0.624. The van der Waals surface area contributed by atoms with E-state index in [-0.39, 0.29) is 0 Å². The molecule has 3 nitrogen and oxygen atoms in total. The van der Waals surface area contributed by atoms with Crippen LogP contribution in [0.2, 0.25) is 0 Å². The van der Waals surface area contributed by atoms with Crippen LogP contribution >= 0.6 is 0 Å². The Balaban J connectivity index is 1.94. The van der Waals surface area contributed by atoms with Crippen molar-refractivity contribution in [1.29, 1.82) is 0 Å². The van der Waals surface area contributed by atoms with E-state index in [1.807, 2.05) is 6.20 Å². The van der Waals surface area contributed by atoms with Gasteiger partial charge in [-0.3, -0.25) is 0 Å². The summed E-state index contributed by atoms with van der Waals surface area (Å²) in [4.78, 5) is 6.96. The van der Waals surface area contributed by atoms with E-state index in [4.69, 9.17) is 6.42 Å². The molecule has 1 aromatic rings. The van der Waals surface area contributed by atoms with E-state index < -0.39 is 0 Å². The molecule has 1 heterocycles. The summed E-state index contributed by atoms with van der Waals surface area (Å²) in [5, 5.41) is 3.31. The maximum absolute atomic E-state index is 5.14. The molecule has 0 spiro atoms. The van der Waals surface area contributed by atoms with E-state index in [0.29, 0.717) is 0 Å². The summed E-state index contributed by atoms with van der Waals surface area (Å²) in [6.45, 7) is 1.87. The van der Waals surface area contributed by atoms with E-state index in [0.717, 1.165) is 38.0 Å². The van der Waals surface area contributed by atoms with Crippen LogP contribution in [-0.2, 0) is 6.54 Å². The molecule has 0 saturated carbocycles. The van der Waals surface area contributed by atoms with Gasteiger partial charge in [0.25, 0.3) is 0 Å². The molecule has 1 aromatic heterocycles. The Bertz CT molecular complexity index is 246. The summed E-state index contributed by atoms with van der Waals surface area (Å²) in [5.41, 5.74) is 1.12. The Morgan fingerprint density at radius 1 is 1.54 bits per heavy atom. The first-order chi connectivity index (χ1) is 6.43. The van der Waals surface area contributed by atoms with Crippen LogP contribution in [0.25, 0.3) is 0 Å². The van der Waals surface area contributed by atoms with Gasteiger partial charge in [-0.25, -0.2) is 4.98 Å². The molecule has 0 fully saturated rings. The lowest BCUT2D eigenvalue weighted by Gasteiger charge is -2.00. The Morgan fingerprint density at radius 2 is 2.46 bits per heavy atom. The van der Waals surface area contributed by atoms with Crippen LogP contribution in [0.4, 0.5) is 0 Å². The lowest BCUT2D eigenvalue weighted by atomic mass is 10.2. The fourth-order valence-electron chi connectivity index (χ4n) is 1.08. The predicted octanol–water partition coefficient (Wildman–Crippen LogP) is 1.30. The minimum absolute atomic E-state index is 0.857. The number of hydrogen-bond acceptors (Lipinski definition) is 2. The monoisotopic (exact) mass is 177 g/mol. The van der Waals surface area contributed by atoms with Crippen molar-refractivity contribution in [2.45, 2.75) is 25.8 Å². The molecular weight excluding hydrogens is 162 g/mol. The van der Waals surface area contributed by atoms with Gasteiger partial charge in [-0.2, -0.15) is 0 Å². The van der Waals surface area contributed by atoms with Crippen molar-refractivity contribution >= 4 is 0 Å². The predicted molar refractivity (Wildman–Crippen MR) is 53.0 cm³/mol. The average molecular weight is 177 g/mol. The lowest BCUT2D eigenvalue weighted by Crippen LogP contribution is -2.14. The Hall–Kier alpha value is -1.27. The van der Waals surface area contributed by atoms with Gasteiger partial charge in [0.15, 0.2) is 0 Å². The quantitative estimate of drug-likeness (QED) is 0.508. The second-order valence-electron chi connectivity index (χ2n) is 2.91. The number of nitrogens with one attached hydrogen (secondary N) is 2. The van der Waals surface area contributed by atoms with Crippen LogP contribution < -0.4 is 5.32 Å². The zero-order valence-corrected chi connectivity index (χ0v) is 7.71. The Labute approximate surface area is 79.0 Å². The highest BCUT2D eigenvalue weighted by molar-refractivity contribution is 4.92. The van der Waals surface area contributed by atoms with E-state index in [9.17, 15) is 0 Å².